The molecule has 0 aliphatic heterocycles. The number of allylic oxidation sites excluding steroid dienone is 1. The van der Waals surface area contributed by atoms with Crippen LogP contribution in [-0.2, 0) is 6.54 Å². The lowest BCUT2D eigenvalue weighted by Gasteiger charge is -2.25. The van der Waals surface area contributed by atoms with Gasteiger partial charge in [0.05, 0.1) is 6.07 Å². The molecule has 1 aliphatic rings. The summed E-state index contributed by atoms with van der Waals surface area (Å²) in [5.41, 5.74) is 0.782. The summed E-state index contributed by atoms with van der Waals surface area (Å²) in [6, 6.07) is 8.21. The molecular formula is C18H21N5S. The summed E-state index contributed by atoms with van der Waals surface area (Å²) in [4.78, 5) is 4.36. The van der Waals surface area contributed by atoms with Crippen molar-refractivity contribution in [3.63, 3.8) is 0 Å². The second kappa shape index (κ2) is 8.11. The van der Waals surface area contributed by atoms with Gasteiger partial charge in [0.25, 0.3) is 0 Å². The molecule has 0 spiro atoms. The van der Waals surface area contributed by atoms with Crippen molar-refractivity contribution in [1.82, 2.24) is 19.7 Å². The highest BCUT2D eigenvalue weighted by Gasteiger charge is 2.27. The van der Waals surface area contributed by atoms with Crippen molar-refractivity contribution in [1.29, 1.82) is 5.26 Å². The Kier molecular flexibility index (Phi) is 5.65. The van der Waals surface area contributed by atoms with Crippen LogP contribution in [0.15, 0.2) is 42.2 Å². The summed E-state index contributed by atoms with van der Waals surface area (Å²) in [5, 5.41) is 19.0. The molecule has 0 amide bonds. The average molecular weight is 339 g/mol. The number of nitriles is 1. The van der Waals surface area contributed by atoms with E-state index in [1.54, 1.807) is 6.20 Å². The highest BCUT2D eigenvalue weighted by atomic mass is 32.2. The third-order valence-electron chi connectivity index (χ3n) is 4.36. The van der Waals surface area contributed by atoms with Crippen molar-refractivity contribution >= 4 is 11.8 Å². The summed E-state index contributed by atoms with van der Waals surface area (Å²) >= 11 is 1.53. The average Bonchev–Trinajstić information content (AvgIpc) is 3.04. The molecule has 24 heavy (non-hydrogen) atoms. The van der Waals surface area contributed by atoms with Gasteiger partial charge in [-0.3, -0.25) is 9.55 Å². The molecule has 0 aromatic carbocycles. The van der Waals surface area contributed by atoms with Crippen molar-refractivity contribution in [2.45, 2.75) is 49.1 Å². The number of hydrogen-bond donors (Lipinski definition) is 0. The number of pyridine rings is 1. The van der Waals surface area contributed by atoms with Crippen LogP contribution in [0, 0.1) is 17.2 Å². The normalized spacial score (nSPS) is 16.5. The van der Waals surface area contributed by atoms with E-state index in [0.29, 0.717) is 12.5 Å². The first kappa shape index (κ1) is 16.7. The fourth-order valence-electron chi connectivity index (χ4n) is 3.13. The molecule has 1 saturated carbocycles. The van der Waals surface area contributed by atoms with E-state index in [4.69, 9.17) is 0 Å². The molecule has 1 aliphatic carbocycles. The molecule has 0 unspecified atom stereocenters. The maximum Gasteiger partial charge on any atom is 0.193 e. The standard InChI is InChI=1S/C18H21N5S/c1-2-12-23-17(15-10-6-7-11-20-15)21-22-18(23)24-16(13-19)14-8-4-3-5-9-14/h2,6-7,10-11,14,16H,1,3-5,8-9,12H2/t16-/m1/s1. The van der Waals surface area contributed by atoms with Crippen LogP contribution in [0.4, 0.5) is 0 Å². The predicted molar refractivity (Wildman–Crippen MR) is 95.3 cm³/mol. The first-order chi connectivity index (χ1) is 11.8. The highest BCUT2D eigenvalue weighted by molar-refractivity contribution is 8.00. The van der Waals surface area contributed by atoms with Gasteiger partial charge >= 0.3 is 0 Å². The second-order valence-corrected chi connectivity index (χ2v) is 7.09. The van der Waals surface area contributed by atoms with E-state index in [1.807, 2.05) is 28.8 Å². The molecule has 3 rings (SSSR count). The molecule has 6 heteroatoms. The Hall–Kier alpha value is -2.13. The topological polar surface area (TPSA) is 67.4 Å². The van der Waals surface area contributed by atoms with Crippen molar-refractivity contribution in [2.24, 2.45) is 5.92 Å². The van der Waals surface area contributed by atoms with E-state index in [-0.39, 0.29) is 5.25 Å². The lowest BCUT2D eigenvalue weighted by atomic mass is 9.87. The van der Waals surface area contributed by atoms with E-state index in [1.165, 1.54) is 31.0 Å². The lowest BCUT2D eigenvalue weighted by Crippen LogP contribution is -2.19. The van der Waals surface area contributed by atoms with Gasteiger partial charge in [0.1, 0.15) is 10.9 Å². The van der Waals surface area contributed by atoms with Crippen molar-refractivity contribution in [2.75, 3.05) is 0 Å². The van der Waals surface area contributed by atoms with Crippen molar-refractivity contribution in [3.8, 4) is 17.6 Å². The minimum atomic E-state index is -0.0744. The SMILES string of the molecule is C=CCn1c(S[C@H](C#N)C2CCCCC2)nnc1-c1ccccn1. The van der Waals surface area contributed by atoms with Gasteiger partial charge in [0.2, 0.25) is 0 Å². The Morgan fingerprint density at radius 3 is 2.83 bits per heavy atom. The Labute approximate surface area is 146 Å². The molecule has 2 heterocycles. The summed E-state index contributed by atoms with van der Waals surface area (Å²) in [7, 11) is 0. The molecule has 0 radical (unpaired) electrons. The van der Waals surface area contributed by atoms with E-state index in [9.17, 15) is 5.26 Å². The molecule has 0 N–H and O–H groups in total. The monoisotopic (exact) mass is 339 g/mol. The van der Waals surface area contributed by atoms with Gasteiger partial charge in [0.15, 0.2) is 11.0 Å². The summed E-state index contributed by atoms with van der Waals surface area (Å²) in [6.45, 7) is 4.43. The molecule has 124 valence electrons. The van der Waals surface area contributed by atoms with Crippen LogP contribution < -0.4 is 0 Å². The number of nitrogens with zero attached hydrogens (tertiary/aromatic N) is 5. The number of rotatable bonds is 6. The fraction of sp³-hybridized carbons (Fsp3) is 0.444. The molecular weight excluding hydrogens is 318 g/mol. The Balaban J connectivity index is 1.86. The third-order valence-corrected chi connectivity index (χ3v) is 5.62. The fourth-order valence-corrected chi connectivity index (χ4v) is 4.25. The largest absolute Gasteiger partial charge is 0.297 e. The number of thioether (sulfide) groups is 1. The second-order valence-electron chi connectivity index (χ2n) is 5.99. The zero-order valence-corrected chi connectivity index (χ0v) is 14.5. The minimum Gasteiger partial charge on any atom is -0.297 e. The molecule has 2 aromatic rings. The maximum absolute atomic E-state index is 9.62. The number of aromatic nitrogens is 4. The van der Waals surface area contributed by atoms with Gasteiger partial charge in [-0.25, -0.2) is 0 Å². The third kappa shape index (κ3) is 3.68. The molecule has 0 bridgehead atoms. The van der Waals surface area contributed by atoms with Crippen LogP contribution in [0.1, 0.15) is 32.1 Å². The van der Waals surface area contributed by atoms with E-state index in [0.717, 1.165) is 29.5 Å². The summed E-state index contributed by atoms with van der Waals surface area (Å²) in [6.07, 6.45) is 9.57. The molecule has 5 nitrogen and oxygen atoms in total. The maximum atomic E-state index is 9.62. The Morgan fingerprint density at radius 2 is 2.17 bits per heavy atom. The Bertz CT molecular complexity index is 713. The molecule has 0 saturated heterocycles. The summed E-state index contributed by atoms with van der Waals surface area (Å²) < 4.78 is 1.99. The highest BCUT2D eigenvalue weighted by Crippen LogP contribution is 2.36. The zero-order valence-electron chi connectivity index (χ0n) is 13.6. The number of hydrogen-bond acceptors (Lipinski definition) is 5. The molecule has 1 fully saturated rings. The minimum absolute atomic E-state index is 0.0744. The van der Waals surface area contributed by atoms with Crippen LogP contribution in [0.25, 0.3) is 11.5 Å². The van der Waals surface area contributed by atoms with Gasteiger partial charge in [-0.15, -0.1) is 16.8 Å². The van der Waals surface area contributed by atoms with Gasteiger partial charge in [-0.2, -0.15) is 5.26 Å². The van der Waals surface area contributed by atoms with Crippen LogP contribution in [0.2, 0.25) is 0 Å². The zero-order chi connectivity index (χ0) is 16.8. The van der Waals surface area contributed by atoms with Gasteiger partial charge in [-0.05, 0) is 30.9 Å². The first-order valence-corrected chi connectivity index (χ1v) is 9.23. The van der Waals surface area contributed by atoms with Gasteiger partial charge in [-0.1, -0.05) is 43.2 Å². The predicted octanol–water partition coefficient (Wildman–Crippen LogP) is 4.09. The molecule has 1 atom stereocenters. The van der Waals surface area contributed by atoms with Crippen LogP contribution >= 0.6 is 11.8 Å². The van der Waals surface area contributed by atoms with Crippen molar-refractivity contribution < 1.29 is 0 Å². The van der Waals surface area contributed by atoms with E-state index in [2.05, 4.69) is 27.8 Å². The van der Waals surface area contributed by atoms with Gasteiger partial charge in [0, 0.05) is 12.7 Å². The van der Waals surface area contributed by atoms with Crippen LogP contribution in [-0.4, -0.2) is 25.0 Å². The Morgan fingerprint density at radius 1 is 1.33 bits per heavy atom. The smallest absolute Gasteiger partial charge is 0.193 e. The van der Waals surface area contributed by atoms with E-state index < -0.39 is 0 Å². The quantitative estimate of drug-likeness (QED) is 0.586. The lowest BCUT2D eigenvalue weighted by molar-refractivity contribution is 0.370. The first-order valence-electron chi connectivity index (χ1n) is 8.35. The summed E-state index contributed by atoms with van der Waals surface area (Å²) in [5.74, 6) is 1.17. The van der Waals surface area contributed by atoms with Crippen LogP contribution in [0.5, 0.6) is 0 Å². The molecule has 2 aromatic heterocycles. The van der Waals surface area contributed by atoms with Gasteiger partial charge < -0.3 is 0 Å². The van der Waals surface area contributed by atoms with E-state index >= 15 is 0 Å². The van der Waals surface area contributed by atoms with Crippen molar-refractivity contribution in [3.05, 3.63) is 37.1 Å². The van der Waals surface area contributed by atoms with Crippen LogP contribution in [0.3, 0.4) is 0 Å².